The van der Waals surface area contributed by atoms with E-state index in [1.54, 1.807) is 24.3 Å². The Morgan fingerprint density at radius 1 is 0.429 bits per heavy atom. The van der Waals surface area contributed by atoms with Crippen LogP contribution in [0.5, 0.6) is 0 Å². The second-order valence-electron chi connectivity index (χ2n) is 10.5. The molecule has 5 rings (SSSR count). The molecule has 0 saturated carbocycles. The molecule has 0 aliphatic carbocycles. The van der Waals surface area contributed by atoms with Crippen molar-refractivity contribution in [1.29, 1.82) is 0 Å². The molecule has 0 atom stereocenters. The fourth-order valence-corrected chi connectivity index (χ4v) is 4.46. The van der Waals surface area contributed by atoms with Gasteiger partial charge in [-0.2, -0.15) is 0 Å². The average molecular weight is 555 g/mol. The Morgan fingerprint density at radius 3 is 1.02 bits per heavy atom. The molecule has 42 heavy (non-hydrogen) atoms. The first-order chi connectivity index (χ1) is 20.3. The molecule has 0 bridgehead atoms. The highest BCUT2D eigenvalue weighted by atomic mass is 16.2. The highest BCUT2D eigenvalue weighted by molar-refractivity contribution is 6.17. The van der Waals surface area contributed by atoms with Gasteiger partial charge in [0.05, 0.1) is 33.9 Å². The van der Waals surface area contributed by atoms with Gasteiger partial charge in [0.1, 0.15) is 0 Å². The highest BCUT2D eigenvalue weighted by Gasteiger charge is 2.27. The second-order valence-corrected chi connectivity index (χ2v) is 10.5. The van der Waals surface area contributed by atoms with E-state index in [4.69, 9.17) is 0 Å². The van der Waals surface area contributed by atoms with Crippen LogP contribution in [-0.2, 0) is 0 Å². The van der Waals surface area contributed by atoms with Crippen LogP contribution in [0.1, 0.15) is 43.0 Å². The summed E-state index contributed by atoms with van der Waals surface area (Å²) in [5.74, 6) is -0.717. The average Bonchev–Trinajstić information content (AvgIpc) is 3.01. The molecule has 6 nitrogen and oxygen atoms in total. The Morgan fingerprint density at radius 2 is 0.714 bits per heavy atom. The predicted octanol–water partition coefficient (Wildman–Crippen LogP) is 8.27. The van der Waals surface area contributed by atoms with Crippen LogP contribution in [0.25, 0.3) is 0 Å². The van der Waals surface area contributed by atoms with Crippen molar-refractivity contribution in [3.63, 3.8) is 0 Å². The minimum Gasteiger partial charge on any atom is -0.291 e. The van der Waals surface area contributed by atoms with Crippen molar-refractivity contribution in [2.45, 2.75) is 27.7 Å². The lowest BCUT2D eigenvalue weighted by Crippen LogP contribution is -2.40. The molecular formula is C36H34N4O2. The van der Waals surface area contributed by atoms with E-state index in [1.807, 2.05) is 125 Å². The standard InChI is InChI=1S/C36H34N4O2/c1-25-9-17-29(18-10-25)37-39(31-21-13-27(3)14-22-31)35(41)33-7-5-6-8-34(33)36(42)40(32-23-15-28(4)16-24-32)38-30-19-11-26(2)12-20-30/h5-24,37-38H,1-4H3. The summed E-state index contributed by atoms with van der Waals surface area (Å²) in [6.45, 7) is 8.02. The summed E-state index contributed by atoms with van der Waals surface area (Å²) in [7, 11) is 0. The molecule has 210 valence electrons. The van der Waals surface area contributed by atoms with Crippen LogP contribution in [0.4, 0.5) is 22.7 Å². The van der Waals surface area contributed by atoms with Gasteiger partial charge in [-0.05, 0) is 88.4 Å². The van der Waals surface area contributed by atoms with Gasteiger partial charge in [-0.15, -0.1) is 0 Å². The first-order valence-electron chi connectivity index (χ1n) is 13.9. The highest BCUT2D eigenvalue weighted by Crippen LogP contribution is 2.25. The molecule has 0 aliphatic heterocycles. The predicted molar refractivity (Wildman–Crippen MR) is 172 cm³/mol. The number of anilines is 4. The number of amides is 2. The van der Waals surface area contributed by atoms with Gasteiger partial charge in [0.25, 0.3) is 11.8 Å². The van der Waals surface area contributed by atoms with Gasteiger partial charge in [-0.1, -0.05) is 82.9 Å². The molecule has 0 fully saturated rings. The molecule has 0 spiro atoms. The number of hydrogen-bond acceptors (Lipinski definition) is 4. The van der Waals surface area contributed by atoms with Gasteiger partial charge < -0.3 is 0 Å². The van der Waals surface area contributed by atoms with Gasteiger partial charge in [-0.3, -0.25) is 20.4 Å². The molecular weight excluding hydrogens is 520 g/mol. The van der Waals surface area contributed by atoms with E-state index < -0.39 is 0 Å². The number of nitrogens with zero attached hydrogens (tertiary/aromatic N) is 2. The van der Waals surface area contributed by atoms with E-state index in [9.17, 15) is 9.59 Å². The van der Waals surface area contributed by atoms with Crippen LogP contribution in [0.2, 0.25) is 0 Å². The Labute approximate surface area is 247 Å². The van der Waals surface area contributed by atoms with Crippen molar-refractivity contribution in [2.24, 2.45) is 0 Å². The summed E-state index contributed by atoms with van der Waals surface area (Å²) < 4.78 is 0. The summed E-state index contributed by atoms with van der Waals surface area (Å²) in [6.07, 6.45) is 0. The maximum Gasteiger partial charge on any atom is 0.277 e. The lowest BCUT2D eigenvalue weighted by atomic mass is 10.0. The maximum absolute atomic E-state index is 14.3. The Bertz CT molecular complexity index is 1550. The number of hydrazine groups is 2. The van der Waals surface area contributed by atoms with E-state index >= 15 is 0 Å². The Hall–Kier alpha value is -5.36. The Kier molecular flexibility index (Phi) is 8.34. The van der Waals surface area contributed by atoms with Crippen LogP contribution >= 0.6 is 0 Å². The zero-order valence-electron chi connectivity index (χ0n) is 24.3. The van der Waals surface area contributed by atoms with Crippen molar-refractivity contribution >= 4 is 34.6 Å². The lowest BCUT2D eigenvalue weighted by Gasteiger charge is -2.28. The SMILES string of the molecule is Cc1ccc(NN(C(=O)c2ccccc2C(=O)N(Nc2ccc(C)cc2)c2ccc(C)cc2)c2ccc(C)cc2)cc1. The van der Waals surface area contributed by atoms with Crippen molar-refractivity contribution in [1.82, 2.24) is 0 Å². The monoisotopic (exact) mass is 554 g/mol. The summed E-state index contributed by atoms with van der Waals surface area (Å²) in [4.78, 5) is 28.6. The minimum absolute atomic E-state index is 0.269. The maximum atomic E-state index is 14.3. The van der Waals surface area contributed by atoms with Crippen LogP contribution in [-0.4, -0.2) is 11.8 Å². The fraction of sp³-hybridized carbons (Fsp3) is 0.111. The molecule has 6 heteroatoms. The molecule has 0 unspecified atom stereocenters. The smallest absolute Gasteiger partial charge is 0.277 e. The van der Waals surface area contributed by atoms with Crippen LogP contribution in [0, 0.1) is 27.7 Å². The number of carbonyl (C=O) groups is 2. The molecule has 5 aromatic rings. The molecule has 2 N–H and O–H groups in total. The minimum atomic E-state index is -0.359. The summed E-state index contributed by atoms with van der Waals surface area (Å²) >= 11 is 0. The van der Waals surface area contributed by atoms with Crippen LogP contribution in [0.3, 0.4) is 0 Å². The quantitative estimate of drug-likeness (QED) is 0.190. The third-order valence-electron chi connectivity index (χ3n) is 6.96. The number of carbonyl (C=O) groups excluding carboxylic acids is 2. The molecule has 2 amide bonds. The van der Waals surface area contributed by atoms with Gasteiger partial charge in [0, 0.05) is 0 Å². The lowest BCUT2D eigenvalue weighted by molar-refractivity contribution is 0.0960. The number of aryl methyl sites for hydroxylation is 4. The zero-order valence-corrected chi connectivity index (χ0v) is 24.3. The number of nitrogens with one attached hydrogen (secondary N) is 2. The van der Waals surface area contributed by atoms with E-state index in [-0.39, 0.29) is 22.9 Å². The largest absolute Gasteiger partial charge is 0.291 e. The van der Waals surface area contributed by atoms with Crippen LogP contribution in [0.15, 0.2) is 121 Å². The molecule has 0 aliphatic rings. The number of benzene rings is 5. The first-order valence-corrected chi connectivity index (χ1v) is 13.9. The Balaban J connectivity index is 1.55. The van der Waals surface area contributed by atoms with Gasteiger partial charge in [0.15, 0.2) is 0 Å². The van der Waals surface area contributed by atoms with E-state index in [2.05, 4.69) is 10.9 Å². The van der Waals surface area contributed by atoms with Gasteiger partial charge >= 0.3 is 0 Å². The fourth-order valence-electron chi connectivity index (χ4n) is 4.46. The van der Waals surface area contributed by atoms with Gasteiger partial charge in [-0.25, -0.2) is 10.0 Å². The zero-order chi connectivity index (χ0) is 29.6. The summed E-state index contributed by atoms with van der Waals surface area (Å²) in [5.41, 5.74) is 14.3. The number of rotatable bonds is 8. The number of hydrogen-bond donors (Lipinski definition) is 2. The van der Waals surface area contributed by atoms with Gasteiger partial charge in [0.2, 0.25) is 0 Å². The topological polar surface area (TPSA) is 64.7 Å². The van der Waals surface area contributed by atoms with Crippen LogP contribution < -0.4 is 20.9 Å². The molecule has 5 aromatic carbocycles. The summed E-state index contributed by atoms with van der Waals surface area (Å²) in [5, 5.41) is 2.97. The molecule has 0 heterocycles. The van der Waals surface area contributed by atoms with Crippen molar-refractivity contribution in [3.8, 4) is 0 Å². The molecule has 0 aromatic heterocycles. The van der Waals surface area contributed by atoms with Crippen molar-refractivity contribution < 1.29 is 9.59 Å². The van der Waals surface area contributed by atoms with Crippen molar-refractivity contribution in [3.05, 3.63) is 155 Å². The normalized spacial score (nSPS) is 10.6. The van der Waals surface area contributed by atoms with Crippen molar-refractivity contribution in [2.75, 3.05) is 20.9 Å². The molecule has 0 radical (unpaired) electrons. The van der Waals surface area contributed by atoms with E-state index in [1.165, 1.54) is 10.0 Å². The van der Waals surface area contributed by atoms with E-state index in [0.717, 1.165) is 33.6 Å². The second kappa shape index (κ2) is 12.4. The molecule has 0 saturated heterocycles. The third-order valence-corrected chi connectivity index (χ3v) is 6.96. The van der Waals surface area contributed by atoms with E-state index in [0.29, 0.717) is 11.4 Å². The summed E-state index contributed by atoms with van der Waals surface area (Å²) in [6, 6.07) is 37.9. The first kappa shape index (κ1) is 28.2. The third kappa shape index (κ3) is 6.50.